The maximum atomic E-state index is 13.4. The number of piperidine rings is 1. The molecule has 2 aliphatic rings. The van der Waals surface area contributed by atoms with Crippen molar-refractivity contribution in [3.8, 4) is 5.75 Å². The molecule has 10 heteroatoms. The second-order valence-electron chi connectivity index (χ2n) is 8.49. The van der Waals surface area contributed by atoms with Crippen molar-refractivity contribution in [2.45, 2.75) is 44.6 Å². The molecule has 33 heavy (non-hydrogen) atoms. The number of hydrogen-bond donors (Lipinski definition) is 2. The Morgan fingerprint density at radius 3 is 2.52 bits per heavy atom. The first kappa shape index (κ1) is 23.5. The van der Waals surface area contributed by atoms with Crippen LogP contribution in [-0.2, 0) is 19.6 Å². The molecule has 2 aromatic carbocycles. The first-order valence-corrected chi connectivity index (χ1v) is 12.6. The lowest BCUT2D eigenvalue weighted by Crippen LogP contribution is -2.41. The van der Waals surface area contributed by atoms with Gasteiger partial charge in [-0.05, 0) is 69.0 Å². The second kappa shape index (κ2) is 8.96. The summed E-state index contributed by atoms with van der Waals surface area (Å²) in [6.07, 6.45) is 0.144. The molecule has 1 fully saturated rings. The van der Waals surface area contributed by atoms with Crippen molar-refractivity contribution in [2.75, 3.05) is 23.7 Å². The highest BCUT2D eigenvalue weighted by atomic mass is 35.5. The Bertz CT molecular complexity index is 1220. The number of nitrogens with one attached hydrogen (secondary N) is 2. The van der Waals surface area contributed by atoms with E-state index < -0.39 is 16.1 Å². The van der Waals surface area contributed by atoms with Gasteiger partial charge in [-0.1, -0.05) is 11.6 Å². The van der Waals surface area contributed by atoms with Gasteiger partial charge in [0.2, 0.25) is 15.9 Å². The molecule has 0 aromatic heterocycles. The minimum Gasteiger partial charge on any atom is -0.479 e. The van der Waals surface area contributed by atoms with Gasteiger partial charge in [-0.3, -0.25) is 9.59 Å². The van der Waals surface area contributed by atoms with Crippen LogP contribution in [0.15, 0.2) is 35.2 Å². The van der Waals surface area contributed by atoms with Gasteiger partial charge in [-0.2, -0.15) is 4.31 Å². The topological polar surface area (TPSA) is 105 Å². The third-order valence-corrected chi connectivity index (χ3v) is 8.37. The molecule has 0 radical (unpaired) electrons. The Morgan fingerprint density at radius 1 is 1.15 bits per heavy atom. The Hall–Kier alpha value is -2.62. The molecule has 2 amide bonds. The van der Waals surface area contributed by atoms with E-state index in [0.29, 0.717) is 40.6 Å². The molecule has 2 heterocycles. The fourth-order valence-electron chi connectivity index (χ4n) is 4.12. The lowest BCUT2D eigenvalue weighted by molar-refractivity contribution is -0.123. The van der Waals surface area contributed by atoms with Crippen LogP contribution in [0.2, 0.25) is 5.02 Å². The van der Waals surface area contributed by atoms with E-state index in [1.807, 2.05) is 6.92 Å². The van der Waals surface area contributed by atoms with Crippen LogP contribution >= 0.6 is 11.6 Å². The smallest absolute Gasteiger partial charge is 0.265 e. The number of ether oxygens (including phenoxy) is 1. The molecule has 2 aromatic rings. The molecule has 0 spiro atoms. The van der Waals surface area contributed by atoms with E-state index in [1.165, 1.54) is 10.4 Å². The summed E-state index contributed by atoms with van der Waals surface area (Å²) in [7, 11) is -3.78. The van der Waals surface area contributed by atoms with Gasteiger partial charge in [0.05, 0.1) is 10.6 Å². The number of fused-ring (bicyclic) bond motifs is 1. The van der Waals surface area contributed by atoms with Crippen molar-refractivity contribution >= 4 is 44.8 Å². The number of carbonyl (C=O) groups is 2. The normalized spacial score (nSPS) is 19.4. The molecule has 0 aliphatic carbocycles. The minimum atomic E-state index is -3.78. The molecule has 1 atom stereocenters. The largest absolute Gasteiger partial charge is 0.479 e. The summed E-state index contributed by atoms with van der Waals surface area (Å²) in [4.78, 5) is 24.7. The van der Waals surface area contributed by atoms with Gasteiger partial charge in [0, 0.05) is 35.8 Å². The van der Waals surface area contributed by atoms with Gasteiger partial charge in [0.25, 0.3) is 5.91 Å². The van der Waals surface area contributed by atoms with Gasteiger partial charge in [-0.25, -0.2) is 8.42 Å². The van der Waals surface area contributed by atoms with Crippen LogP contribution in [0.4, 0.5) is 11.4 Å². The highest BCUT2D eigenvalue weighted by Crippen LogP contribution is 2.36. The third kappa shape index (κ3) is 4.71. The van der Waals surface area contributed by atoms with Gasteiger partial charge < -0.3 is 15.4 Å². The van der Waals surface area contributed by atoms with E-state index in [9.17, 15) is 18.0 Å². The first-order valence-electron chi connectivity index (χ1n) is 10.8. The Balaban J connectivity index is 1.45. The predicted molar refractivity (Wildman–Crippen MR) is 126 cm³/mol. The number of benzene rings is 2. The second-order valence-corrected chi connectivity index (χ2v) is 10.8. The molecule has 2 N–H and O–H groups in total. The SMILES string of the molecule is Cc1cc(Cl)ccc1NC(=O)C1CCN(S(=O)(=O)c2cc3c(cc2C)NC(=O)C(C)O3)CC1. The molecule has 4 rings (SSSR count). The van der Waals surface area contributed by atoms with Crippen molar-refractivity contribution in [3.63, 3.8) is 0 Å². The molecular formula is C23H26ClN3O5S. The first-order chi connectivity index (χ1) is 15.6. The van der Waals surface area contributed by atoms with Gasteiger partial charge in [0.15, 0.2) is 6.10 Å². The molecule has 2 aliphatic heterocycles. The summed E-state index contributed by atoms with van der Waals surface area (Å²) in [6, 6.07) is 8.34. The van der Waals surface area contributed by atoms with E-state index in [4.69, 9.17) is 16.3 Å². The quantitative estimate of drug-likeness (QED) is 0.678. The standard InChI is InChI=1S/C23H26ClN3O5S/c1-13-10-17(24)4-5-18(13)25-23(29)16-6-8-27(9-7-16)33(30,31)21-12-20-19(11-14(21)2)26-22(28)15(3)32-20/h4-5,10-12,15-16H,6-9H2,1-3H3,(H,25,29)(H,26,28). The van der Waals surface area contributed by atoms with Crippen molar-refractivity contribution < 1.29 is 22.7 Å². The molecular weight excluding hydrogens is 466 g/mol. The highest BCUT2D eigenvalue weighted by molar-refractivity contribution is 7.89. The lowest BCUT2D eigenvalue weighted by Gasteiger charge is -2.31. The monoisotopic (exact) mass is 491 g/mol. The van der Waals surface area contributed by atoms with E-state index in [-0.39, 0.29) is 35.7 Å². The summed E-state index contributed by atoms with van der Waals surface area (Å²) < 4.78 is 33.7. The number of halogens is 1. The number of sulfonamides is 1. The number of anilines is 2. The molecule has 1 saturated heterocycles. The minimum absolute atomic E-state index is 0.124. The Labute approximate surface area is 198 Å². The van der Waals surface area contributed by atoms with E-state index in [0.717, 1.165) is 5.56 Å². The fraction of sp³-hybridized carbons (Fsp3) is 0.391. The number of amides is 2. The highest BCUT2D eigenvalue weighted by Gasteiger charge is 2.34. The maximum absolute atomic E-state index is 13.4. The zero-order chi connectivity index (χ0) is 23.9. The van der Waals surface area contributed by atoms with Crippen LogP contribution in [-0.4, -0.2) is 43.7 Å². The number of aryl methyl sites for hydroxylation is 2. The molecule has 8 nitrogen and oxygen atoms in total. The third-order valence-electron chi connectivity index (χ3n) is 6.10. The summed E-state index contributed by atoms with van der Waals surface area (Å²) in [6.45, 7) is 5.64. The Morgan fingerprint density at radius 2 is 1.85 bits per heavy atom. The van der Waals surface area contributed by atoms with E-state index in [2.05, 4.69) is 10.6 Å². The van der Waals surface area contributed by atoms with Crippen LogP contribution in [0, 0.1) is 19.8 Å². The van der Waals surface area contributed by atoms with Crippen molar-refractivity contribution in [3.05, 3.63) is 46.5 Å². The lowest BCUT2D eigenvalue weighted by atomic mass is 9.97. The average Bonchev–Trinajstić information content (AvgIpc) is 2.76. The van der Waals surface area contributed by atoms with Crippen LogP contribution in [0.1, 0.15) is 30.9 Å². The van der Waals surface area contributed by atoms with E-state index in [1.54, 1.807) is 38.1 Å². The van der Waals surface area contributed by atoms with Crippen molar-refractivity contribution in [2.24, 2.45) is 5.92 Å². The van der Waals surface area contributed by atoms with Crippen LogP contribution in [0.3, 0.4) is 0 Å². The van der Waals surface area contributed by atoms with Crippen LogP contribution < -0.4 is 15.4 Å². The number of nitrogens with zero attached hydrogens (tertiary/aromatic N) is 1. The fourth-order valence-corrected chi connectivity index (χ4v) is 6.04. The molecule has 0 bridgehead atoms. The van der Waals surface area contributed by atoms with Crippen LogP contribution in [0.25, 0.3) is 0 Å². The van der Waals surface area contributed by atoms with Crippen LogP contribution in [0.5, 0.6) is 5.75 Å². The summed E-state index contributed by atoms with van der Waals surface area (Å²) >= 11 is 5.97. The van der Waals surface area contributed by atoms with E-state index >= 15 is 0 Å². The predicted octanol–water partition coefficient (Wildman–Crippen LogP) is 3.72. The van der Waals surface area contributed by atoms with Gasteiger partial charge in [-0.15, -0.1) is 0 Å². The number of carbonyl (C=O) groups excluding carboxylic acids is 2. The van der Waals surface area contributed by atoms with Crippen molar-refractivity contribution in [1.29, 1.82) is 0 Å². The number of hydrogen-bond acceptors (Lipinski definition) is 5. The van der Waals surface area contributed by atoms with Gasteiger partial charge >= 0.3 is 0 Å². The Kier molecular flexibility index (Phi) is 6.39. The summed E-state index contributed by atoms with van der Waals surface area (Å²) in [5.41, 5.74) is 2.55. The van der Waals surface area contributed by atoms with Crippen molar-refractivity contribution in [1.82, 2.24) is 4.31 Å². The molecule has 0 saturated carbocycles. The maximum Gasteiger partial charge on any atom is 0.265 e. The summed E-state index contributed by atoms with van der Waals surface area (Å²) in [5, 5.41) is 6.26. The van der Waals surface area contributed by atoms with Gasteiger partial charge in [0.1, 0.15) is 5.75 Å². The zero-order valence-electron chi connectivity index (χ0n) is 18.6. The zero-order valence-corrected chi connectivity index (χ0v) is 20.2. The number of rotatable bonds is 4. The molecule has 176 valence electrons. The molecule has 1 unspecified atom stereocenters. The summed E-state index contributed by atoms with van der Waals surface area (Å²) in [5.74, 6) is -0.346. The average molecular weight is 492 g/mol.